The number of H-pyrrole nitrogens is 2. The molecule has 2 aromatic rings. The highest BCUT2D eigenvalue weighted by molar-refractivity contribution is 7.15. The van der Waals surface area contributed by atoms with E-state index in [0.717, 1.165) is 16.2 Å². The Morgan fingerprint density at radius 3 is 3.33 bits per heavy atom. The van der Waals surface area contributed by atoms with Crippen LogP contribution in [0.2, 0.25) is 0 Å². The number of imidazole rings is 1. The molecule has 46 valence electrons. The van der Waals surface area contributed by atoms with Crippen LogP contribution in [0.4, 0.5) is 0 Å². The first-order chi connectivity index (χ1) is 4.36. The molecule has 2 rings (SSSR count). The highest BCUT2D eigenvalue weighted by atomic mass is 32.1. The van der Waals surface area contributed by atoms with Crippen molar-refractivity contribution < 1.29 is 0 Å². The summed E-state index contributed by atoms with van der Waals surface area (Å²) in [6, 6.07) is 0. The molecule has 0 saturated heterocycles. The average Bonchev–Trinajstić information content (AvgIpc) is 2.22. The quantitative estimate of drug-likeness (QED) is 0.554. The highest BCUT2D eigenvalue weighted by Gasteiger charge is 1.97. The molecule has 2 aromatic heterocycles. The van der Waals surface area contributed by atoms with Crippen molar-refractivity contribution in [1.82, 2.24) is 15.0 Å². The zero-order valence-electron chi connectivity index (χ0n) is 4.34. The van der Waals surface area contributed by atoms with E-state index < -0.39 is 0 Å². The van der Waals surface area contributed by atoms with Gasteiger partial charge in [0, 0.05) is 0 Å². The number of nitrogens with zero attached hydrogens (tertiary/aromatic N) is 1. The molecule has 0 saturated carbocycles. The van der Waals surface area contributed by atoms with Gasteiger partial charge in [-0.05, 0) is 0 Å². The summed E-state index contributed by atoms with van der Waals surface area (Å²) in [5.74, 6) is 0. The summed E-state index contributed by atoms with van der Waals surface area (Å²) < 4.78 is 0. The van der Waals surface area contributed by atoms with Crippen molar-refractivity contribution in [3.8, 4) is 0 Å². The Hall–Kier alpha value is -1.10. The number of rotatable bonds is 0. The SMILES string of the molecule is O=c1[nH]c2[nH]cnc2s1. The molecule has 0 aliphatic carbocycles. The van der Waals surface area contributed by atoms with Crippen molar-refractivity contribution in [3.05, 3.63) is 16.0 Å². The van der Waals surface area contributed by atoms with E-state index in [1.54, 1.807) is 6.33 Å². The first-order valence-corrected chi connectivity index (χ1v) is 3.20. The van der Waals surface area contributed by atoms with Gasteiger partial charge in [0.25, 0.3) is 0 Å². The van der Waals surface area contributed by atoms with E-state index in [4.69, 9.17) is 0 Å². The minimum atomic E-state index is -0.0654. The maximum atomic E-state index is 10.6. The van der Waals surface area contributed by atoms with Crippen molar-refractivity contribution in [2.45, 2.75) is 0 Å². The number of aromatic nitrogens is 3. The van der Waals surface area contributed by atoms with Crippen molar-refractivity contribution >= 4 is 21.8 Å². The maximum absolute atomic E-state index is 10.6. The van der Waals surface area contributed by atoms with Gasteiger partial charge in [0.2, 0.25) is 0 Å². The number of nitrogens with one attached hydrogen (secondary N) is 2. The molecule has 0 bridgehead atoms. The van der Waals surface area contributed by atoms with Crippen molar-refractivity contribution in [1.29, 1.82) is 0 Å². The number of thiazole rings is 1. The van der Waals surface area contributed by atoms with Crippen molar-refractivity contribution in [2.24, 2.45) is 0 Å². The Balaban J connectivity index is 3.08. The van der Waals surface area contributed by atoms with Crippen LogP contribution in [0.1, 0.15) is 0 Å². The summed E-state index contributed by atoms with van der Waals surface area (Å²) in [4.78, 5) is 20.5. The standard InChI is InChI=1S/C4H3N3OS/c8-4-7-2-3(9-4)6-1-5-2/h1H,(H,5,6)(H,7,8). The molecule has 0 radical (unpaired) electrons. The lowest BCUT2D eigenvalue weighted by Gasteiger charge is -1.65. The third-order valence-electron chi connectivity index (χ3n) is 1.02. The second-order valence-corrected chi connectivity index (χ2v) is 2.56. The van der Waals surface area contributed by atoms with Crippen LogP contribution in [-0.4, -0.2) is 15.0 Å². The van der Waals surface area contributed by atoms with Crippen LogP contribution in [-0.2, 0) is 0 Å². The molecule has 0 atom stereocenters. The molecule has 9 heavy (non-hydrogen) atoms. The second-order valence-electron chi connectivity index (χ2n) is 1.60. The summed E-state index contributed by atoms with van der Waals surface area (Å²) in [6.45, 7) is 0. The van der Waals surface area contributed by atoms with Crippen LogP contribution in [0.5, 0.6) is 0 Å². The molecule has 0 aliphatic heterocycles. The van der Waals surface area contributed by atoms with E-state index in [1.807, 2.05) is 0 Å². The van der Waals surface area contributed by atoms with Crippen molar-refractivity contribution in [2.75, 3.05) is 0 Å². The molecule has 0 fully saturated rings. The van der Waals surface area contributed by atoms with Gasteiger partial charge in [0.15, 0.2) is 4.83 Å². The molecule has 4 nitrogen and oxygen atoms in total. The molecule has 2 N–H and O–H groups in total. The van der Waals surface area contributed by atoms with Gasteiger partial charge in [-0.2, -0.15) is 0 Å². The first-order valence-electron chi connectivity index (χ1n) is 2.38. The zero-order chi connectivity index (χ0) is 6.27. The van der Waals surface area contributed by atoms with Gasteiger partial charge in [-0.1, -0.05) is 11.3 Å². The molecule has 0 unspecified atom stereocenters. The van der Waals surface area contributed by atoms with Crippen LogP contribution < -0.4 is 4.87 Å². The van der Waals surface area contributed by atoms with E-state index in [0.29, 0.717) is 5.65 Å². The van der Waals surface area contributed by atoms with Gasteiger partial charge in [-0.25, -0.2) is 4.98 Å². The monoisotopic (exact) mass is 141 g/mol. The lowest BCUT2D eigenvalue weighted by Crippen LogP contribution is -1.90. The molecule has 0 aromatic carbocycles. The lowest BCUT2D eigenvalue weighted by atomic mass is 10.8. The summed E-state index contributed by atoms with van der Waals surface area (Å²) in [5, 5.41) is 0. The summed E-state index contributed by atoms with van der Waals surface area (Å²) in [5.41, 5.74) is 0.713. The zero-order valence-corrected chi connectivity index (χ0v) is 5.16. The minimum absolute atomic E-state index is 0.0654. The number of hydrogen-bond acceptors (Lipinski definition) is 3. The maximum Gasteiger partial charge on any atom is 0.308 e. The van der Waals surface area contributed by atoms with Crippen LogP contribution in [0.25, 0.3) is 10.5 Å². The Kier molecular flexibility index (Phi) is 0.762. The molecular weight excluding hydrogens is 138 g/mol. The van der Waals surface area contributed by atoms with Gasteiger partial charge in [0.1, 0.15) is 5.65 Å². The predicted molar refractivity (Wildman–Crippen MR) is 34.6 cm³/mol. The molecule has 5 heteroatoms. The Bertz CT molecular complexity index is 338. The number of hydrogen-bond donors (Lipinski definition) is 2. The fraction of sp³-hybridized carbons (Fsp3) is 0. The van der Waals surface area contributed by atoms with Crippen LogP contribution in [0.3, 0.4) is 0 Å². The highest BCUT2D eigenvalue weighted by Crippen LogP contribution is 2.05. The van der Waals surface area contributed by atoms with Gasteiger partial charge in [-0.3, -0.25) is 9.78 Å². The van der Waals surface area contributed by atoms with Gasteiger partial charge >= 0.3 is 4.87 Å². The summed E-state index contributed by atoms with van der Waals surface area (Å²) >= 11 is 1.11. The van der Waals surface area contributed by atoms with Crippen LogP contribution in [0, 0.1) is 0 Å². The Morgan fingerprint density at radius 2 is 2.56 bits per heavy atom. The van der Waals surface area contributed by atoms with Gasteiger partial charge in [-0.15, -0.1) is 0 Å². The number of aromatic amines is 2. The topological polar surface area (TPSA) is 61.5 Å². The van der Waals surface area contributed by atoms with Gasteiger partial charge in [0.05, 0.1) is 6.33 Å². The Labute approximate surface area is 53.6 Å². The third-order valence-corrected chi connectivity index (χ3v) is 1.81. The first kappa shape index (κ1) is 4.75. The van der Waals surface area contributed by atoms with E-state index in [1.165, 1.54) is 0 Å². The molecule has 0 amide bonds. The molecule has 0 aliphatic rings. The van der Waals surface area contributed by atoms with Crippen LogP contribution >= 0.6 is 11.3 Å². The second kappa shape index (κ2) is 1.44. The van der Waals surface area contributed by atoms with E-state index >= 15 is 0 Å². The number of fused-ring (bicyclic) bond motifs is 1. The van der Waals surface area contributed by atoms with E-state index in [2.05, 4.69) is 15.0 Å². The van der Waals surface area contributed by atoms with Crippen LogP contribution in [0.15, 0.2) is 11.1 Å². The lowest BCUT2D eigenvalue weighted by molar-refractivity contribution is 1.29. The average molecular weight is 141 g/mol. The summed E-state index contributed by atoms with van der Waals surface area (Å²) in [6.07, 6.45) is 1.55. The normalized spacial score (nSPS) is 10.7. The third kappa shape index (κ3) is 0.580. The molecule has 0 spiro atoms. The molecule has 2 heterocycles. The Morgan fingerprint density at radius 1 is 1.67 bits per heavy atom. The fourth-order valence-corrected chi connectivity index (χ4v) is 1.31. The van der Waals surface area contributed by atoms with E-state index in [9.17, 15) is 4.79 Å². The fourth-order valence-electron chi connectivity index (χ4n) is 0.664. The predicted octanol–water partition coefficient (Wildman–Crippen LogP) is 0.313. The smallest absolute Gasteiger partial charge is 0.308 e. The van der Waals surface area contributed by atoms with Gasteiger partial charge < -0.3 is 4.98 Å². The largest absolute Gasteiger partial charge is 0.330 e. The summed E-state index contributed by atoms with van der Waals surface area (Å²) in [7, 11) is 0. The minimum Gasteiger partial charge on any atom is -0.330 e. The molecular formula is C4H3N3OS. The van der Waals surface area contributed by atoms with Crippen molar-refractivity contribution in [3.63, 3.8) is 0 Å². The van der Waals surface area contributed by atoms with E-state index in [-0.39, 0.29) is 4.87 Å².